The smallest absolute Gasteiger partial charge is 0.293 e. The predicted molar refractivity (Wildman–Crippen MR) is 65.2 cm³/mol. The van der Waals surface area contributed by atoms with E-state index in [0.29, 0.717) is 12.2 Å². The van der Waals surface area contributed by atoms with Crippen LogP contribution in [-0.2, 0) is 0 Å². The van der Waals surface area contributed by atoms with E-state index >= 15 is 0 Å². The first-order valence-corrected chi connectivity index (χ1v) is 4.95. The summed E-state index contributed by atoms with van der Waals surface area (Å²) in [6.07, 6.45) is 1.59. The summed E-state index contributed by atoms with van der Waals surface area (Å²) in [6, 6.07) is 4.27. The summed E-state index contributed by atoms with van der Waals surface area (Å²) in [4.78, 5) is 21.7. The maximum absolute atomic E-state index is 11.3. The molecule has 90 valence electrons. The van der Waals surface area contributed by atoms with Crippen LogP contribution in [0.1, 0.15) is 10.4 Å². The van der Waals surface area contributed by atoms with E-state index < -0.39 is 4.92 Å². The van der Waals surface area contributed by atoms with Gasteiger partial charge in [-0.05, 0) is 12.1 Å². The maximum atomic E-state index is 11.3. The zero-order chi connectivity index (χ0) is 12.8. The Balaban J connectivity index is 3.12. The molecule has 1 rings (SSSR count). The molecule has 6 nitrogen and oxygen atoms in total. The van der Waals surface area contributed by atoms with Gasteiger partial charge in [0, 0.05) is 25.2 Å². The molecular weight excluding hydrogens is 222 g/mol. The lowest BCUT2D eigenvalue weighted by molar-refractivity contribution is -0.384. The van der Waals surface area contributed by atoms with Gasteiger partial charge >= 0.3 is 0 Å². The highest BCUT2D eigenvalue weighted by Gasteiger charge is 2.16. The minimum atomic E-state index is -0.530. The molecule has 0 bridgehead atoms. The van der Waals surface area contributed by atoms with Crippen molar-refractivity contribution in [2.24, 2.45) is 0 Å². The van der Waals surface area contributed by atoms with Gasteiger partial charge in [-0.15, -0.1) is 6.58 Å². The minimum absolute atomic E-state index is 0.132. The first kappa shape index (κ1) is 12.7. The van der Waals surface area contributed by atoms with Crippen LogP contribution in [-0.4, -0.2) is 24.4 Å². The van der Waals surface area contributed by atoms with Crippen LogP contribution in [0.4, 0.5) is 11.4 Å². The number of carbonyl (C=O) groups excluding carboxylic acids is 1. The molecule has 0 aromatic heterocycles. The molecule has 0 saturated carbocycles. The second kappa shape index (κ2) is 5.64. The average Bonchev–Trinajstić information content (AvgIpc) is 2.35. The number of anilines is 1. The van der Waals surface area contributed by atoms with E-state index in [-0.39, 0.29) is 17.2 Å². The minimum Gasteiger partial charge on any atom is -0.376 e. The van der Waals surface area contributed by atoms with E-state index in [1.165, 1.54) is 25.2 Å². The molecule has 1 aromatic rings. The summed E-state index contributed by atoms with van der Waals surface area (Å²) in [6.45, 7) is 3.93. The molecule has 0 fully saturated rings. The summed E-state index contributed by atoms with van der Waals surface area (Å²) < 4.78 is 0. The molecule has 0 saturated heterocycles. The molecule has 0 heterocycles. The third-order valence-corrected chi connectivity index (χ3v) is 2.12. The fourth-order valence-electron chi connectivity index (χ4n) is 1.30. The van der Waals surface area contributed by atoms with Crippen molar-refractivity contribution < 1.29 is 9.72 Å². The lowest BCUT2D eigenvalue weighted by Crippen LogP contribution is -2.18. The third-order valence-electron chi connectivity index (χ3n) is 2.12. The van der Waals surface area contributed by atoms with E-state index in [0.717, 1.165) is 0 Å². The number of hydrogen-bond acceptors (Lipinski definition) is 4. The Hall–Kier alpha value is -2.37. The van der Waals surface area contributed by atoms with Gasteiger partial charge in [0.05, 0.1) is 4.92 Å². The number of nitrogens with one attached hydrogen (secondary N) is 2. The van der Waals surface area contributed by atoms with Crippen molar-refractivity contribution in [3.05, 3.63) is 46.5 Å². The largest absolute Gasteiger partial charge is 0.376 e. The Labute approximate surface area is 98.5 Å². The summed E-state index contributed by atoms with van der Waals surface area (Å²) in [5.41, 5.74) is 0.485. The van der Waals surface area contributed by atoms with Crippen LogP contribution in [0.3, 0.4) is 0 Å². The fraction of sp³-hybridized carbons (Fsp3) is 0.182. The van der Waals surface area contributed by atoms with E-state index in [1.54, 1.807) is 6.08 Å². The Morgan fingerprint density at radius 3 is 2.82 bits per heavy atom. The van der Waals surface area contributed by atoms with Gasteiger partial charge in [0.1, 0.15) is 5.69 Å². The van der Waals surface area contributed by atoms with Crippen LogP contribution >= 0.6 is 0 Å². The van der Waals surface area contributed by atoms with Crippen molar-refractivity contribution in [3.63, 3.8) is 0 Å². The molecule has 0 aliphatic rings. The van der Waals surface area contributed by atoms with Gasteiger partial charge in [0.15, 0.2) is 0 Å². The normalized spacial score (nSPS) is 9.47. The molecule has 0 aliphatic heterocycles. The SMILES string of the molecule is C=CCNc1ccc(C(=O)NC)cc1[N+](=O)[O-]. The molecule has 2 N–H and O–H groups in total. The molecule has 0 spiro atoms. The number of nitro benzene ring substituents is 1. The molecule has 17 heavy (non-hydrogen) atoms. The Morgan fingerprint density at radius 2 is 2.29 bits per heavy atom. The van der Waals surface area contributed by atoms with Gasteiger partial charge in [-0.1, -0.05) is 6.08 Å². The number of benzene rings is 1. The van der Waals surface area contributed by atoms with Crippen molar-refractivity contribution in [3.8, 4) is 0 Å². The Bertz CT molecular complexity index is 457. The van der Waals surface area contributed by atoms with Gasteiger partial charge < -0.3 is 10.6 Å². The topological polar surface area (TPSA) is 84.3 Å². The molecule has 0 aliphatic carbocycles. The van der Waals surface area contributed by atoms with Crippen molar-refractivity contribution in [1.82, 2.24) is 5.32 Å². The zero-order valence-electron chi connectivity index (χ0n) is 9.40. The molecule has 0 unspecified atom stereocenters. The molecule has 1 amide bonds. The summed E-state index contributed by atoms with van der Waals surface area (Å²) >= 11 is 0. The highest BCUT2D eigenvalue weighted by Crippen LogP contribution is 2.25. The maximum Gasteiger partial charge on any atom is 0.293 e. The average molecular weight is 235 g/mol. The van der Waals surface area contributed by atoms with Crippen LogP contribution in [0.2, 0.25) is 0 Å². The van der Waals surface area contributed by atoms with Gasteiger partial charge in [0.2, 0.25) is 0 Å². The van der Waals surface area contributed by atoms with Crippen molar-refractivity contribution >= 4 is 17.3 Å². The van der Waals surface area contributed by atoms with Crippen molar-refractivity contribution in [1.29, 1.82) is 0 Å². The Morgan fingerprint density at radius 1 is 1.59 bits per heavy atom. The van der Waals surface area contributed by atoms with E-state index in [2.05, 4.69) is 17.2 Å². The first-order valence-electron chi connectivity index (χ1n) is 4.95. The molecule has 0 atom stereocenters. The molecule has 6 heteroatoms. The molecule has 1 aromatic carbocycles. The number of amides is 1. The number of carbonyl (C=O) groups is 1. The lowest BCUT2D eigenvalue weighted by Gasteiger charge is -2.06. The lowest BCUT2D eigenvalue weighted by atomic mass is 10.1. The van der Waals surface area contributed by atoms with Gasteiger partial charge in [-0.3, -0.25) is 14.9 Å². The summed E-state index contributed by atoms with van der Waals surface area (Å²) in [5, 5.41) is 16.1. The highest BCUT2D eigenvalue weighted by atomic mass is 16.6. The molecule has 0 radical (unpaired) electrons. The van der Waals surface area contributed by atoms with Crippen molar-refractivity contribution in [2.45, 2.75) is 0 Å². The van der Waals surface area contributed by atoms with E-state index in [4.69, 9.17) is 0 Å². The quantitative estimate of drug-likeness (QED) is 0.460. The summed E-state index contributed by atoms with van der Waals surface area (Å²) in [7, 11) is 1.47. The zero-order valence-corrected chi connectivity index (χ0v) is 9.40. The number of rotatable bonds is 5. The standard InChI is InChI=1S/C11H13N3O3/c1-3-6-13-9-5-4-8(11(15)12-2)7-10(9)14(16)17/h3-5,7,13H,1,6H2,2H3,(H,12,15). The predicted octanol–water partition coefficient (Wildman–Crippen LogP) is 1.55. The van der Waals surface area contributed by atoms with Gasteiger partial charge in [-0.25, -0.2) is 0 Å². The second-order valence-electron chi connectivity index (χ2n) is 3.24. The number of nitro groups is 1. The fourth-order valence-corrected chi connectivity index (χ4v) is 1.30. The van der Waals surface area contributed by atoms with Crippen LogP contribution in [0.15, 0.2) is 30.9 Å². The van der Waals surface area contributed by atoms with Crippen molar-refractivity contribution in [2.75, 3.05) is 18.9 Å². The highest BCUT2D eigenvalue weighted by molar-refractivity contribution is 5.95. The van der Waals surface area contributed by atoms with Crippen LogP contribution < -0.4 is 10.6 Å². The Kier molecular flexibility index (Phi) is 4.21. The second-order valence-corrected chi connectivity index (χ2v) is 3.24. The van der Waals surface area contributed by atoms with Crippen LogP contribution in [0, 0.1) is 10.1 Å². The first-order chi connectivity index (χ1) is 8.10. The molecular formula is C11H13N3O3. The number of hydrogen-bond donors (Lipinski definition) is 2. The van der Waals surface area contributed by atoms with Gasteiger partial charge in [-0.2, -0.15) is 0 Å². The van der Waals surface area contributed by atoms with Crippen LogP contribution in [0.25, 0.3) is 0 Å². The van der Waals surface area contributed by atoms with Gasteiger partial charge in [0.25, 0.3) is 11.6 Å². The van der Waals surface area contributed by atoms with E-state index in [1.807, 2.05) is 0 Å². The summed E-state index contributed by atoms with van der Waals surface area (Å²) in [5.74, 6) is -0.358. The van der Waals surface area contributed by atoms with Crippen LogP contribution in [0.5, 0.6) is 0 Å². The monoisotopic (exact) mass is 235 g/mol. The van der Waals surface area contributed by atoms with E-state index in [9.17, 15) is 14.9 Å². The third kappa shape index (κ3) is 3.04. The number of nitrogens with zero attached hydrogens (tertiary/aromatic N) is 1.